The van der Waals surface area contributed by atoms with Crippen LogP contribution in [-0.2, 0) is 9.53 Å². The van der Waals surface area contributed by atoms with Gasteiger partial charge in [-0.3, -0.25) is 4.79 Å². The molecule has 0 saturated carbocycles. The Morgan fingerprint density at radius 2 is 1.64 bits per heavy atom. The maximum absolute atomic E-state index is 12.2. The van der Waals surface area contributed by atoms with Crippen molar-refractivity contribution in [3.8, 4) is 22.8 Å². The van der Waals surface area contributed by atoms with Gasteiger partial charge in [-0.05, 0) is 54.8 Å². The van der Waals surface area contributed by atoms with Crippen molar-refractivity contribution in [1.82, 2.24) is 9.97 Å². The highest BCUT2D eigenvalue weighted by Crippen LogP contribution is 2.34. The highest BCUT2D eigenvalue weighted by atomic mass is 79.9. The van der Waals surface area contributed by atoms with E-state index in [1.165, 1.54) is 0 Å². The fourth-order valence-electron chi connectivity index (χ4n) is 3.68. The van der Waals surface area contributed by atoms with E-state index in [1.54, 1.807) is 6.92 Å². The van der Waals surface area contributed by atoms with Crippen molar-refractivity contribution < 1.29 is 14.3 Å². The molecule has 3 aromatic carbocycles. The van der Waals surface area contributed by atoms with Gasteiger partial charge >= 0.3 is 5.97 Å². The van der Waals surface area contributed by atoms with Crippen molar-refractivity contribution in [3.63, 3.8) is 0 Å². The summed E-state index contributed by atoms with van der Waals surface area (Å²) in [6.07, 6.45) is 0.929. The Labute approximate surface area is 201 Å². The summed E-state index contributed by atoms with van der Waals surface area (Å²) in [4.78, 5) is 21.8. The molecule has 4 rings (SSSR count). The minimum atomic E-state index is -0.251. The van der Waals surface area contributed by atoms with Crippen LogP contribution in [0.1, 0.15) is 38.3 Å². The molecular weight excluding hydrogens is 480 g/mol. The molecule has 0 amide bonds. The molecule has 1 heterocycles. The highest BCUT2D eigenvalue weighted by Gasteiger charge is 2.23. The second-order valence-electron chi connectivity index (χ2n) is 7.65. The maximum Gasteiger partial charge on any atom is 0.306 e. The Kier molecular flexibility index (Phi) is 7.35. The van der Waals surface area contributed by atoms with Gasteiger partial charge in [-0.1, -0.05) is 65.3 Å². The standard InChI is InChI=1S/C27H25BrN2O3/c1-3-18(16-25(31)32-4-2)26-27(30-23-15-12-21(28)17-24(23)29-26)33-22-13-10-20(11-14-22)19-8-6-5-7-9-19/h5-15,17-18H,3-4,16H2,1-2H3. The second kappa shape index (κ2) is 10.6. The maximum atomic E-state index is 12.2. The number of aromatic nitrogens is 2. The molecule has 1 atom stereocenters. The van der Waals surface area contributed by atoms with Crippen molar-refractivity contribution in [3.05, 3.63) is 83.0 Å². The Hall–Kier alpha value is -3.25. The quantitative estimate of drug-likeness (QED) is 0.235. The van der Waals surface area contributed by atoms with Crippen LogP contribution in [-0.4, -0.2) is 22.5 Å². The summed E-state index contributed by atoms with van der Waals surface area (Å²) in [7, 11) is 0. The van der Waals surface area contributed by atoms with E-state index in [0.717, 1.165) is 26.6 Å². The van der Waals surface area contributed by atoms with Gasteiger partial charge in [0.2, 0.25) is 5.88 Å². The molecule has 1 aromatic heterocycles. The topological polar surface area (TPSA) is 61.3 Å². The molecule has 1 unspecified atom stereocenters. The van der Waals surface area contributed by atoms with Gasteiger partial charge in [0.15, 0.2) is 0 Å². The molecule has 0 spiro atoms. The number of carbonyl (C=O) groups excluding carboxylic acids is 1. The van der Waals surface area contributed by atoms with Crippen molar-refractivity contribution in [1.29, 1.82) is 0 Å². The number of hydrogen-bond donors (Lipinski definition) is 0. The van der Waals surface area contributed by atoms with Gasteiger partial charge in [0.25, 0.3) is 0 Å². The number of benzene rings is 3. The smallest absolute Gasteiger partial charge is 0.306 e. The summed E-state index contributed by atoms with van der Waals surface area (Å²) in [5, 5.41) is 0. The summed E-state index contributed by atoms with van der Waals surface area (Å²) in [5.74, 6) is 0.651. The number of fused-ring (bicyclic) bond motifs is 1. The lowest BCUT2D eigenvalue weighted by atomic mass is 9.98. The van der Waals surface area contributed by atoms with Crippen LogP contribution in [0.3, 0.4) is 0 Å². The third-order valence-electron chi connectivity index (χ3n) is 5.39. The van der Waals surface area contributed by atoms with Crippen LogP contribution in [0.25, 0.3) is 22.2 Å². The monoisotopic (exact) mass is 504 g/mol. The minimum Gasteiger partial charge on any atom is -0.466 e. The molecule has 0 bridgehead atoms. The van der Waals surface area contributed by atoms with Gasteiger partial charge in [-0.15, -0.1) is 0 Å². The van der Waals surface area contributed by atoms with Crippen molar-refractivity contribution in [2.45, 2.75) is 32.6 Å². The Balaban J connectivity index is 1.69. The van der Waals surface area contributed by atoms with Crippen LogP contribution < -0.4 is 4.74 Å². The number of carbonyl (C=O) groups is 1. The lowest BCUT2D eigenvalue weighted by molar-refractivity contribution is -0.143. The zero-order chi connectivity index (χ0) is 23.2. The summed E-state index contributed by atoms with van der Waals surface area (Å²) in [5.41, 5.74) is 4.37. The summed E-state index contributed by atoms with van der Waals surface area (Å²) in [6, 6.07) is 23.8. The first-order valence-corrected chi connectivity index (χ1v) is 11.8. The van der Waals surface area contributed by atoms with Crippen LogP contribution in [0, 0.1) is 0 Å². The van der Waals surface area contributed by atoms with E-state index in [1.807, 2.05) is 67.6 Å². The van der Waals surface area contributed by atoms with Crippen molar-refractivity contribution in [2.75, 3.05) is 6.61 Å². The molecule has 0 aliphatic rings. The predicted octanol–water partition coefficient (Wildman–Crippen LogP) is 7.30. The molecular formula is C27H25BrN2O3. The molecule has 0 saturated heterocycles. The van der Waals surface area contributed by atoms with E-state index in [-0.39, 0.29) is 18.3 Å². The molecule has 0 radical (unpaired) electrons. The molecule has 4 aromatic rings. The van der Waals surface area contributed by atoms with E-state index in [2.05, 4.69) is 28.1 Å². The van der Waals surface area contributed by atoms with Crippen LogP contribution in [0.4, 0.5) is 0 Å². The van der Waals surface area contributed by atoms with Gasteiger partial charge in [-0.2, -0.15) is 0 Å². The molecule has 6 heteroatoms. The normalized spacial score (nSPS) is 11.8. The second-order valence-corrected chi connectivity index (χ2v) is 8.57. The Morgan fingerprint density at radius 1 is 0.909 bits per heavy atom. The Morgan fingerprint density at radius 3 is 2.33 bits per heavy atom. The molecule has 168 valence electrons. The lowest BCUT2D eigenvalue weighted by Crippen LogP contribution is -2.13. The number of esters is 1. The average molecular weight is 505 g/mol. The van der Waals surface area contributed by atoms with Crippen LogP contribution in [0.2, 0.25) is 0 Å². The van der Waals surface area contributed by atoms with Gasteiger partial charge in [-0.25, -0.2) is 9.97 Å². The van der Waals surface area contributed by atoms with Crippen molar-refractivity contribution >= 4 is 32.9 Å². The predicted molar refractivity (Wildman–Crippen MR) is 133 cm³/mol. The number of nitrogens with zero attached hydrogens (tertiary/aromatic N) is 2. The van der Waals surface area contributed by atoms with Crippen molar-refractivity contribution in [2.24, 2.45) is 0 Å². The Bertz CT molecular complexity index is 1240. The molecule has 0 N–H and O–H groups in total. The largest absolute Gasteiger partial charge is 0.466 e. The van der Waals surface area contributed by atoms with E-state index < -0.39 is 0 Å². The van der Waals surface area contributed by atoms with Crippen LogP contribution >= 0.6 is 15.9 Å². The van der Waals surface area contributed by atoms with Gasteiger partial charge in [0.05, 0.1) is 24.1 Å². The van der Waals surface area contributed by atoms with Crippen LogP contribution in [0.5, 0.6) is 11.6 Å². The summed E-state index contributed by atoms with van der Waals surface area (Å²) in [6.45, 7) is 4.18. The first kappa shape index (κ1) is 22.9. The summed E-state index contributed by atoms with van der Waals surface area (Å²) >= 11 is 3.50. The third-order valence-corrected chi connectivity index (χ3v) is 5.89. The van der Waals surface area contributed by atoms with E-state index in [0.29, 0.717) is 30.4 Å². The zero-order valence-electron chi connectivity index (χ0n) is 18.6. The van der Waals surface area contributed by atoms with Gasteiger partial charge in [0, 0.05) is 10.4 Å². The minimum absolute atomic E-state index is 0.168. The summed E-state index contributed by atoms with van der Waals surface area (Å²) < 4.78 is 12.3. The highest BCUT2D eigenvalue weighted by molar-refractivity contribution is 9.10. The molecule has 5 nitrogen and oxygen atoms in total. The van der Waals surface area contributed by atoms with E-state index >= 15 is 0 Å². The zero-order valence-corrected chi connectivity index (χ0v) is 20.2. The fraction of sp³-hybridized carbons (Fsp3) is 0.222. The first-order valence-electron chi connectivity index (χ1n) is 11.0. The molecule has 33 heavy (non-hydrogen) atoms. The number of ether oxygens (including phenoxy) is 2. The first-order chi connectivity index (χ1) is 16.1. The molecule has 0 aliphatic carbocycles. The average Bonchev–Trinajstić information content (AvgIpc) is 2.83. The number of rotatable bonds is 8. The third kappa shape index (κ3) is 5.57. The van der Waals surface area contributed by atoms with E-state index in [9.17, 15) is 4.79 Å². The van der Waals surface area contributed by atoms with E-state index in [4.69, 9.17) is 19.4 Å². The van der Waals surface area contributed by atoms with Gasteiger partial charge in [0.1, 0.15) is 11.4 Å². The fourth-order valence-corrected chi connectivity index (χ4v) is 4.03. The molecule has 0 fully saturated rings. The lowest BCUT2D eigenvalue weighted by Gasteiger charge is -2.18. The number of halogens is 1. The SMILES string of the molecule is CCOC(=O)CC(CC)c1nc2cc(Br)ccc2nc1Oc1ccc(-c2ccccc2)cc1. The molecule has 0 aliphatic heterocycles. The van der Waals surface area contributed by atoms with Gasteiger partial charge < -0.3 is 9.47 Å². The van der Waals surface area contributed by atoms with Crippen LogP contribution in [0.15, 0.2) is 77.3 Å². The number of hydrogen-bond acceptors (Lipinski definition) is 5.